The molecule has 1 aliphatic heterocycles. The van der Waals surface area contributed by atoms with Gasteiger partial charge < -0.3 is 5.32 Å². The Morgan fingerprint density at radius 1 is 1.17 bits per heavy atom. The molecule has 29 heavy (non-hydrogen) atoms. The number of aromatic nitrogens is 1. The average molecular weight is 437 g/mol. The van der Waals surface area contributed by atoms with Crippen molar-refractivity contribution in [3.63, 3.8) is 0 Å². The van der Waals surface area contributed by atoms with E-state index >= 15 is 0 Å². The number of urea groups is 1. The maximum Gasteiger partial charge on any atom is 0.325 e. The van der Waals surface area contributed by atoms with Crippen LogP contribution in [0.4, 0.5) is 15.6 Å². The predicted octanol–water partition coefficient (Wildman–Crippen LogP) is 4.18. The fourth-order valence-corrected chi connectivity index (χ4v) is 5.41. The minimum absolute atomic E-state index is 0.0533. The van der Waals surface area contributed by atoms with E-state index in [1.54, 1.807) is 13.8 Å². The van der Waals surface area contributed by atoms with Crippen molar-refractivity contribution in [2.75, 3.05) is 17.2 Å². The van der Waals surface area contributed by atoms with Gasteiger partial charge in [0, 0.05) is 30.1 Å². The monoisotopic (exact) mass is 436 g/mol. The number of fused-ring (bicyclic) bond motifs is 1. The third kappa shape index (κ3) is 4.96. The van der Waals surface area contributed by atoms with Crippen LogP contribution in [0.25, 0.3) is 0 Å². The van der Waals surface area contributed by atoms with E-state index in [1.165, 1.54) is 21.2 Å². The van der Waals surface area contributed by atoms with Crippen molar-refractivity contribution in [3.05, 3.63) is 40.4 Å². The molecular formula is C20H28N4O3S2. The molecule has 1 aliphatic rings. The van der Waals surface area contributed by atoms with Gasteiger partial charge in [0.1, 0.15) is 0 Å². The van der Waals surface area contributed by atoms with Gasteiger partial charge in [-0.15, -0.1) is 0 Å². The maximum atomic E-state index is 12.4. The van der Waals surface area contributed by atoms with Gasteiger partial charge in [-0.1, -0.05) is 44.2 Å². The van der Waals surface area contributed by atoms with Gasteiger partial charge in [0.25, 0.3) is 0 Å². The van der Waals surface area contributed by atoms with E-state index in [4.69, 9.17) is 0 Å². The molecule has 0 unspecified atom stereocenters. The van der Waals surface area contributed by atoms with Gasteiger partial charge in [0.05, 0.1) is 10.9 Å². The lowest BCUT2D eigenvalue weighted by Crippen LogP contribution is -2.39. The Hall–Kier alpha value is -1.97. The number of carbonyl (C=O) groups is 1. The Balaban J connectivity index is 1.64. The van der Waals surface area contributed by atoms with E-state index in [-0.39, 0.29) is 11.4 Å². The first-order valence-corrected chi connectivity index (χ1v) is 11.9. The summed E-state index contributed by atoms with van der Waals surface area (Å²) in [5.74, 6) is 0. The topological polar surface area (TPSA) is 91.4 Å². The summed E-state index contributed by atoms with van der Waals surface area (Å²) in [6.45, 7) is 10.5. The molecule has 0 aliphatic carbocycles. The van der Waals surface area contributed by atoms with Crippen molar-refractivity contribution in [2.24, 2.45) is 0 Å². The van der Waals surface area contributed by atoms with Gasteiger partial charge in [0.2, 0.25) is 10.0 Å². The number of nitrogens with zero attached hydrogens (tertiary/aromatic N) is 2. The van der Waals surface area contributed by atoms with Crippen LogP contribution in [0, 0.1) is 0 Å². The zero-order valence-electron chi connectivity index (χ0n) is 17.4. The lowest BCUT2D eigenvalue weighted by molar-refractivity contribution is 0.262. The Morgan fingerprint density at radius 2 is 1.83 bits per heavy atom. The quantitative estimate of drug-likeness (QED) is 0.752. The van der Waals surface area contributed by atoms with Gasteiger partial charge in [-0.3, -0.25) is 5.32 Å². The number of sulfonamides is 1. The summed E-state index contributed by atoms with van der Waals surface area (Å²) in [7, 11) is -3.30. The molecular weight excluding hydrogens is 408 g/mol. The van der Waals surface area contributed by atoms with Crippen LogP contribution in [0.5, 0.6) is 0 Å². The summed E-state index contributed by atoms with van der Waals surface area (Å²) in [5, 5.41) is 5.59. The minimum atomic E-state index is -3.30. The number of rotatable bonds is 4. The fourth-order valence-electron chi connectivity index (χ4n) is 3.05. The highest BCUT2D eigenvalue weighted by molar-refractivity contribution is 7.89. The number of nitrogens with one attached hydrogen (secondary N) is 2. The van der Waals surface area contributed by atoms with Gasteiger partial charge >= 0.3 is 6.03 Å². The van der Waals surface area contributed by atoms with Gasteiger partial charge in [-0.2, -0.15) is 4.31 Å². The third-order valence-electron chi connectivity index (χ3n) is 4.88. The van der Waals surface area contributed by atoms with E-state index in [2.05, 4.69) is 36.4 Å². The highest BCUT2D eigenvalue weighted by Crippen LogP contribution is 2.30. The van der Waals surface area contributed by atoms with Crippen LogP contribution in [-0.4, -0.2) is 35.5 Å². The number of thiazole rings is 1. The fraction of sp³-hybridized carbons (Fsp3) is 0.500. The third-order valence-corrected chi connectivity index (χ3v) is 8.10. The largest absolute Gasteiger partial charge is 0.325 e. The van der Waals surface area contributed by atoms with Crippen molar-refractivity contribution >= 4 is 38.2 Å². The van der Waals surface area contributed by atoms with E-state index < -0.39 is 15.3 Å². The molecule has 2 aromatic rings. The van der Waals surface area contributed by atoms with Crippen molar-refractivity contribution < 1.29 is 13.2 Å². The summed E-state index contributed by atoms with van der Waals surface area (Å²) in [5.41, 5.74) is 2.80. The molecule has 0 fully saturated rings. The van der Waals surface area contributed by atoms with Crippen molar-refractivity contribution in [3.8, 4) is 0 Å². The molecule has 0 atom stereocenters. The molecule has 0 saturated heterocycles. The number of carbonyl (C=O) groups excluding carboxylic acids is 1. The van der Waals surface area contributed by atoms with Gasteiger partial charge in [0.15, 0.2) is 5.13 Å². The molecule has 7 nitrogen and oxygen atoms in total. The van der Waals surface area contributed by atoms with Crippen LogP contribution in [0.3, 0.4) is 0 Å². The molecule has 0 spiro atoms. The SMILES string of the molecule is CC(C)S(=O)(=O)N1CCc2nc(NC(=O)Nc3ccc(C(C)(C)C)cc3)sc2C1. The van der Waals surface area contributed by atoms with Crippen LogP contribution >= 0.6 is 11.3 Å². The minimum Gasteiger partial charge on any atom is -0.308 e. The Morgan fingerprint density at radius 3 is 2.41 bits per heavy atom. The summed E-state index contributed by atoms with van der Waals surface area (Å²) < 4.78 is 26.3. The lowest BCUT2D eigenvalue weighted by atomic mass is 9.87. The molecule has 0 radical (unpaired) electrons. The van der Waals surface area contributed by atoms with Crippen LogP contribution in [0.2, 0.25) is 0 Å². The summed E-state index contributed by atoms with van der Waals surface area (Å²) in [6.07, 6.45) is 0.551. The molecule has 0 saturated carbocycles. The zero-order chi connectivity index (χ0) is 21.4. The van der Waals surface area contributed by atoms with E-state index in [0.29, 0.717) is 30.3 Å². The first-order chi connectivity index (χ1) is 13.5. The number of amides is 2. The summed E-state index contributed by atoms with van der Waals surface area (Å²) in [6, 6.07) is 7.39. The predicted molar refractivity (Wildman–Crippen MR) is 118 cm³/mol. The maximum absolute atomic E-state index is 12.4. The lowest BCUT2D eigenvalue weighted by Gasteiger charge is -2.26. The molecule has 158 valence electrons. The molecule has 2 amide bonds. The van der Waals surface area contributed by atoms with E-state index in [0.717, 1.165) is 10.6 Å². The number of hydrogen-bond acceptors (Lipinski definition) is 5. The smallest absolute Gasteiger partial charge is 0.308 e. The normalized spacial score (nSPS) is 15.2. The molecule has 0 bridgehead atoms. The standard InChI is InChI=1S/C20H28N4O3S2/c1-13(2)29(26,27)24-11-10-16-17(12-24)28-19(22-16)23-18(25)21-15-8-6-14(7-9-15)20(3,4)5/h6-9,13H,10-12H2,1-5H3,(H2,21,22,23,25). The van der Waals surface area contributed by atoms with Crippen LogP contribution in [0.1, 0.15) is 50.8 Å². The number of anilines is 2. The molecule has 3 rings (SSSR count). The number of hydrogen-bond donors (Lipinski definition) is 2. The molecule has 1 aromatic heterocycles. The van der Waals surface area contributed by atoms with Gasteiger partial charge in [-0.05, 0) is 37.0 Å². The number of benzene rings is 1. The second-order valence-electron chi connectivity index (χ2n) is 8.47. The Bertz CT molecular complexity index is 990. The molecule has 2 N–H and O–H groups in total. The van der Waals surface area contributed by atoms with E-state index in [9.17, 15) is 13.2 Å². The molecule has 1 aromatic carbocycles. The van der Waals surface area contributed by atoms with E-state index in [1.807, 2.05) is 24.3 Å². The zero-order valence-corrected chi connectivity index (χ0v) is 19.1. The molecule has 2 heterocycles. The van der Waals surface area contributed by atoms with Gasteiger partial charge in [-0.25, -0.2) is 18.2 Å². The summed E-state index contributed by atoms with van der Waals surface area (Å²) >= 11 is 1.32. The van der Waals surface area contributed by atoms with Crippen LogP contribution in [-0.2, 0) is 28.4 Å². The van der Waals surface area contributed by atoms with Crippen molar-refractivity contribution in [1.29, 1.82) is 0 Å². The summed E-state index contributed by atoms with van der Waals surface area (Å²) in [4.78, 5) is 17.7. The van der Waals surface area contributed by atoms with Crippen molar-refractivity contribution in [1.82, 2.24) is 9.29 Å². The van der Waals surface area contributed by atoms with Crippen LogP contribution < -0.4 is 10.6 Å². The van der Waals surface area contributed by atoms with Crippen molar-refractivity contribution in [2.45, 2.75) is 58.2 Å². The first-order valence-electron chi connectivity index (χ1n) is 9.63. The molecule has 9 heteroatoms. The first kappa shape index (κ1) is 21.7. The second-order valence-corrected chi connectivity index (χ2v) is 12.0. The Labute approximate surface area is 176 Å². The second kappa shape index (κ2) is 8.04. The Kier molecular flexibility index (Phi) is 6.03. The highest BCUT2D eigenvalue weighted by Gasteiger charge is 2.31. The highest BCUT2D eigenvalue weighted by atomic mass is 32.2. The average Bonchev–Trinajstić information content (AvgIpc) is 3.02. The van der Waals surface area contributed by atoms with Crippen LogP contribution in [0.15, 0.2) is 24.3 Å².